The summed E-state index contributed by atoms with van der Waals surface area (Å²) >= 11 is 0. The first-order valence-electron chi connectivity index (χ1n) is 5.99. The van der Waals surface area contributed by atoms with E-state index in [2.05, 4.69) is 49.9 Å². The molecule has 0 saturated carbocycles. The molecule has 0 amide bonds. The molecule has 1 N–H and O–H groups in total. The lowest BCUT2D eigenvalue weighted by Gasteiger charge is -2.44. The minimum atomic E-state index is 0.218. The summed E-state index contributed by atoms with van der Waals surface area (Å²) in [6.07, 6.45) is 0. The third kappa shape index (κ3) is 3.44. The van der Waals surface area contributed by atoms with E-state index in [0.717, 1.165) is 6.54 Å². The minimum Gasteiger partial charge on any atom is -0.314 e. The van der Waals surface area contributed by atoms with E-state index in [0.29, 0.717) is 12.1 Å². The molecule has 0 radical (unpaired) electrons. The highest BCUT2D eigenvalue weighted by Crippen LogP contribution is 2.15. The van der Waals surface area contributed by atoms with Crippen LogP contribution in [0.5, 0.6) is 0 Å². The van der Waals surface area contributed by atoms with Crippen LogP contribution >= 0.6 is 0 Å². The van der Waals surface area contributed by atoms with Gasteiger partial charge in [0, 0.05) is 37.3 Å². The summed E-state index contributed by atoms with van der Waals surface area (Å²) < 4.78 is 0. The van der Waals surface area contributed by atoms with Crippen LogP contribution in [0.2, 0.25) is 0 Å². The van der Waals surface area contributed by atoms with E-state index in [9.17, 15) is 0 Å². The van der Waals surface area contributed by atoms with Crippen LogP contribution in [0.3, 0.4) is 0 Å². The zero-order chi connectivity index (χ0) is 11.6. The normalized spacial score (nSPS) is 30.8. The Morgan fingerprint density at radius 3 is 2.07 bits per heavy atom. The summed E-state index contributed by atoms with van der Waals surface area (Å²) in [4.78, 5) is 5.05. The number of hydrogen-bond acceptors (Lipinski definition) is 3. The monoisotopic (exact) mass is 213 g/mol. The molecule has 0 spiro atoms. The van der Waals surface area contributed by atoms with Crippen LogP contribution in [-0.2, 0) is 0 Å². The highest BCUT2D eigenvalue weighted by Gasteiger charge is 2.29. The first-order valence-corrected chi connectivity index (χ1v) is 5.99. The maximum Gasteiger partial charge on any atom is 0.0249 e. The van der Waals surface area contributed by atoms with E-state index in [1.165, 1.54) is 13.1 Å². The van der Waals surface area contributed by atoms with Crippen molar-refractivity contribution in [1.82, 2.24) is 15.1 Å². The lowest BCUT2D eigenvalue weighted by atomic mass is 10.0. The van der Waals surface area contributed by atoms with Crippen molar-refractivity contribution in [2.24, 2.45) is 0 Å². The molecule has 0 aliphatic carbocycles. The van der Waals surface area contributed by atoms with Crippen LogP contribution in [0.25, 0.3) is 0 Å². The maximum atomic E-state index is 3.37. The molecular formula is C12H27N3. The van der Waals surface area contributed by atoms with E-state index in [4.69, 9.17) is 0 Å². The maximum absolute atomic E-state index is 3.37. The fourth-order valence-corrected chi connectivity index (χ4v) is 2.28. The van der Waals surface area contributed by atoms with Crippen LogP contribution in [0.1, 0.15) is 27.7 Å². The van der Waals surface area contributed by atoms with Gasteiger partial charge in [0.15, 0.2) is 0 Å². The lowest BCUT2D eigenvalue weighted by Crippen LogP contribution is -2.59. The SMILES string of the molecule is CNC(C)(C)CN1CC(C)N(C)C(C)C1. The van der Waals surface area contributed by atoms with Crippen molar-refractivity contribution in [2.45, 2.75) is 45.3 Å². The summed E-state index contributed by atoms with van der Waals surface area (Å²) in [5.74, 6) is 0. The third-order valence-corrected chi connectivity index (χ3v) is 3.73. The second-order valence-corrected chi connectivity index (χ2v) is 5.69. The molecule has 1 heterocycles. The number of rotatable bonds is 3. The van der Waals surface area contributed by atoms with Gasteiger partial charge in [-0.2, -0.15) is 0 Å². The predicted molar refractivity (Wildman–Crippen MR) is 66.3 cm³/mol. The number of piperazine rings is 1. The van der Waals surface area contributed by atoms with Crippen molar-refractivity contribution in [1.29, 1.82) is 0 Å². The van der Waals surface area contributed by atoms with E-state index in [1.807, 2.05) is 7.05 Å². The number of likely N-dealkylation sites (N-methyl/N-ethyl adjacent to an activating group) is 2. The molecule has 0 aromatic rings. The first kappa shape index (κ1) is 12.9. The van der Waals surface area contributed by atoms with E-state index in [-0.39, 0.29) is 5.54 Å². The Morgan fingerprint density at radius 1 is 1.20 bits per heavy atom. The van der Waals surface area contributed by atoms with Gasteiger partial charge in [0.2, 0.25) is 0 Å². The second kappa shape index (κ2) is 4.81. The second-order valence-electron chi connectivity index (χ2n) is 5.69. The van der Waals surface area contributed by atoms with Gasteiger partial charge in [0.25, 0.3) is 0 Å². The van der Waals surface area contributed by atoms with Gasteiger partial charge < -0.3 is 5.32 Å². The van der Waals surface area contributed by atoms with Crippen molar-refractivity contribution in [3.05, 3.63) is 0 Å². The van der Waals surface area contributed by atoms with Gasteiger partial charge in [-0.05, 0) is 41.8 Å². The lowest BCUT2D eigenvalue weighted by molar-refractivity contribution is 0.0467. The van der Waals surface area contributed by atoms with Crippen molar-refractivity contribution in [2.75, 3.05) is 33.7 Å². The molecule has 3 nitrogen and oxygen atoms in total. The zero-order valence-electron chi connectivity index (χ0n) is 11.2. The van der Waals surface area contributed by atoms with Gasteiger partial charge in [-0.3, -0.25) is 9.80 Å². The van der Waals surface area contributed by atoms with Crippen LogP contribution < -0.4 is 5.32 Å². The number of nitrogens with one attached hydrogen (secondary N) is 1. The smallest absolute Gasteiger partial charge is 0.0249 e. The van der Waals surface area contributed by atoms with E-state index in [1.54, 1.807) is 0 Å². The van der Waals surface area contributed by atoms with Crippen molar-refractivity contribution >= 4 is 0 Å². The molecule has 2 unspecified atom stereocenters. The zero-order valence-corrected chi connectivity index (χ0v) is 11.2. The van der Waals surface area contributed by atoms with Crippen molar-refractivity contribution in [3.8, 4) is 0 Å². The third-order valence-electron chi connectivity index (χ3n) is 3.73. The molecule has 3 heteroatoms. The van der Waals surface area contributed by atoms with Crippen LogP contribution in [0, 0.1) is 0 Å². The highest BCUT2D eigenvalue weighted by molar-refractivity contribution is 4.87. The molecule has 0 bridgehead atoms. The van der Waals surface area contributed by atoms with Crippen molar-refractivity contribution < 1.29 is 0 Å². The van der Waals surface area contributed by atoms with Gasteiger partial charge >= 0.3 is 0 Å². The Morgan fingerprint density at radius 2 is 1.67 bits per heavy atom. The van der Waals surface area contributed by atoms with Crippen molar-refractivity contribution in [3.63, 3.8) is 0 Å². The molecule has 15 heavy (non-hydrogen) atoms. The minimum absolute atomic E-state index is 0.218. The molecule has 1 saturated heterocycles. The average molecular weight is 213 g/mol. The van der Waals surface area contributed by atoms with Gasteiger partial charge in [0.05, 0.1) is 0 Å². The summed E-state index contributed by atoms with van der Waals surface area (Å²) in [6.45, 7) is 12.7. The van der Waals surface area contributed by atoms with Gasteiger partial charge in [-0.15, -0.1) is 0 Å². The Bertz CT molecular complexity index is 191. The number of hydrogen-bond donors (Lipinski definition) is 1. The molecule has 0 aromatic carbocycles. The molecule has 1 aliphatic rings. The fourth-order valence-electron chi connectivity index (χ4n) is 2.28. The van der Waals surface area contributed by atoms with E-state index >= 15 is 0 Å². The van der Waals surface area contributed by atoms with E-state index < -0.39 is 0 Å². The molecule has 2 atom stereocenters. The van der Waals surface area contributed by atoms with Crippen LogP contribution in [0.4, 0.5) is 0 Å². The Labute approximate surface area is 94.8 Å². The van der Waals surface area contributed by atoms with Gasteiger partial charge in [-0.25, -0.2) is 0 Å². The standard InChI is InChI=1S/C12H27N3/c1-10-7-15(8-11(2)14(10)6)9-12(3,4)13-5/h10-11,13H,7-9H2,1-6H3. The number of nitrogens with zero attached hydrogens (tertiary/aromatic N) is 2. The largest absolute Gasteiger partial charge is 0.314 e. The fraction of sp³-hybridized carbons (Fsp3) is 1.00. The Hall–Kier alpha value is -0.120. The first-order chi connectivity index (χ1) is 6.85. The summed E-state index contributed by atoms with van der Waals surface area (Å²) in [7, 11) is 4.28. The van der Waals surface area contributed by atoms with Gasteiger partial charge in [0.1, 0.15) is 0 Å². The van der Waals surface area contributed by atoms with Crippen LogP contribution in [0.15, 0.2) is 0 Å². The molecule has 1 rings (SSSR count). The topological polar surface area (TPSA) is 18.5 Å². The molecular weight excluding hydrogens is 186 g/mol. The molecule has 1 fully saturated rings. The molecule has 0 aromatic heterocycles. The summed E-state index contributed by atoms with van der Waals surface area (Å²) in [5.41, 5.74) is 0.218. The quantitative estimate of drug-likeness (QED) is 0.755. The van der Waals surface area contributed by atoms with Crippen LogP contribution in [-0.4, -0.2) is 61.2 Å². The highest BCUT2D eigenvalue weighted by atomic mass is 15.3. The predicted octanol–water partition coefficient (Wildman–Crippen LogP) is 1.01. The summed E-state index contributed by atoms with van der Waals surface area (Å²) in [5, 5.41) is 3.37. The summed E-state index contributed by atoms with van der Waals surface area (Å²) in [6, 6.07) is 1.34. The Kier molecular flexibility index (Phi) is 4.15. The average Bonchev–Trinajstić information content (AvgIpc) is 2.13. The molecule has 1 aliphatic heterocycles. The van der Waals surface area contributed by atoms with Gasteiger partial charge in [-0.1, -0.05) is 0 Å². The molecule has 90 valence electrons. The Balaban J connectivity index is 2.51.